The molecule has 3 amide bonds. The van der Waals surface area contributed by atoms with E-state index in [0.29, 0.717) is 27.5 Å². The largest absolute Gasteiger partial charge is 0.325 e. The van der Waals surface area contributed by atoms with Crippen LogP contribution < -0.4 is 16.0 Å². The highest BCUT2D eigenvalue weighted by Crippen LogP contribution is 2.37. The minimum atomic E-state index is -0.646. The highest BCUT2D eigenvalue weighted by Gasteiger charge is 2.23. The number of thioether (sulfide) groups is 1. The topological polar surface area (TPSA) is 130 Å². The molecule has 1 atom stereocenters. The van der Waals surface area contributed by atoms with Crippen LogP contribution >= 0.6 is 23.4 Å². The second-order valence-corrected chi connectivity index (χ2v) is 11.7. The summed E-state index contributed by atoms with van der Waals surface area (Å²) in [6.45, 7) is 0. The summed E-state index contributed by atoms with van der Waals surface area (Å²) in [6.07, 6.45) is 1.54. The zero-order chi connectivity index (χ0) is 33.2. The van der Waals surface area contributed by atoms with Gasteiger partial charge in [-0.3, -0.25) is 24.5 Å². The lowest BCUT2D eigenvalue weighted by Gasteiger charge is -2.17. The molecule has 0 saturated heterocycles. The minimum absolute atomic E-state index is 0.0200. The lowest BCUT2D eigenvalue weighted by Crippen LogP contribution is -2.30. The first kappa shape index (κ1) is 32.7. The maximum Gasteiger partial charge on any atom is 0.272 e. The predicted octanol–water partition coefficient (Wildman–Crippen LogP) is 8.13. The van der Waals surface area contributed by atoms with Gasteiger partial charge in [0, 0.05) is 39.0 Å². The number of nitrogens with zero attached hydrogens (tertiary/aromatic N) is 1. The van der Waals surface area contributed by atoms with E-state index in [1.165, 1.54) is 36.0 Å². The van der Waals surface area contributed by atoms with Crippen LogP contribution in [0.4, 0.5) is 17.1 Å². The van der Waals surface area contributed by atoms with Crippen LogP contribution in [0.15, 0.2) is 144 Å². The van der Waals surface area contributed by atoms with Crippen molar-refractivity contribution >= 4 is 64.2 Å². The lowest BCUT2D eigenvalue weighted by atomic mass is 10.1. The number of benzene rings is 5. The van der Waals surface area contributed by atoms with Gasteiger partial charge in [-0.25, -0.2) is 0 Å². The molecule has 3 N–H and O–H groups in total. The Morgan fingerprint density at radius 1 is 0.745 bits per heavy atom. The third-order valence-electron chi connectivity index (χ3n) is 6.74. The monoisotopic (exact) mass is 662 g/mol. The molecule has 0 aliphatic heterocycles. The third kappa shape index (κ3) is 9.16. The van der Waals surface area contributed by atoms with Crippen molar-refractivity contribution in [3.05, 3.63) is 171 Å². The second-order valence-electron chi connectivity index (χ2n) is 10.1. The van der Waals surface area contributed by atoms with Gasteiger partial charge in [0.25, 0.3) is 17.5 Å². The smallest absolute Gasteiger partial charge is 0.272 e. The number of rotatable bonds is 11. The molecule has 0 bridgehead atoms. The summed E-state index contributed by atoms with van der Waals surface area (Å²) in [5.74, 6) is -1.29. The maximum atomic E-state index is 13.4. The van der Waals surface area contributed by atoms with Crippen molar-refractivity contribution in [2.45, 2.75) is 10.1 Å². The second kappa shape index (κ2) is 15.5. The SMILES string of the molecule is O=C(Nc1ccc(SC(C(=O)Nc2ccc([N+](=O)[O-])cc2)c2ccccc2)cc1)/C(=C/c1cccc(Cl)c1)NC(=O)c1ccccc1. The Morgan fingerprint density at radius 3 is 2.00 bits per heavy atom. The fourth-order valence-corrected chi connectivity index (χ4v) is 5.66. The number of nitro benzene ring substituents is 1. The summed E-state index contributed by atoms with van der Waals surface area (Å²) in [7, 11) is 0. The molecule has 0 heterocycles. The molecule has 5 rings (SSSR count). The number of carbonyl (C=O) groups excluding carboxylic acids is 3. The zero-order valence-corrected chi connectivity index (χ0v) is 26.2. The summed E-state index contributed by atoms with van der Waals surface area (Å²) in [5, 5.41) is 19.2. The van der Waals surface area contributed by atoms with Crippen molar-refractivity contribution in [3.63, 3.8) is 0 Å². The average Bonchev–Trinajstić information content (AvgIpc) is 3.08. The van der Waals surface area contributed by atoms with Gasteiger partial charge >= 0.3 is 0 Å². The third-order valence-corrected chi connectivity index (χ3v) is 8.24. The molecule has 234 valence electrons. The normalized spacial score (nSPS) is 11.6. The molecule has 9 nitrogen and oxygen atoms in total. The van der Waals surface area contributed by atoms with Crippen molar-refractivity contribution in [2.24, 2.45) is 0 Å². The van der Waals surface area contributed by atoms with E-state index in [9.17, 15) is 24.5 Å². The van der Waals surface area contributed by atoms with Crippen LogP contribution in [0.25, 0.3) is 6.08 Å². The molecule has 0 spiro atoms. The summed E-state index contributed by atoms with van der Waals surface area (Å²) < 4.78 is 0. The average molecular weight is 663 g/mol. The number of hydrogen-bond donors (Lipinski definition) is 3. The molecular formula is C36H27ClN4O5S. The van der Waals surface area contributed by atoms with E-state index in [4.69, 9.17) is 11.6 Å². The predicted molar refractivity (Wildman–Crippen MR) is 185 cm³/mol. The summed E-state index contributed by atoms with van der Waals surface area (Å²) in [5.41, 5.74) is 2.63. The summed E-state index contributed by atoms with van der Waals surface area (Å²) in [4.78, 5) is 51.0. The standard InChI is InChI=1S/C36H27ClN4O5S/c37-27-13-7-8-24(22-27)23-32(40-34(42)26-11-5-2-6-12-26)35(43)38-29-16-20-31(21-17-29)47-33(25-9-3-1-4-10-25)36(44)39-28-14-18-30(19-15-28)41(45)46/h1-23,33H,(H,38,43)(H,39,44)(H,40,42)/b32-23-. The van der Waals surface area contributed by atoms with Gasteiger partial charge in [0.05, 0.1) is 4.92 Å². The first-order valence-electron chi connectivity index (χ1n) is 14.3. The maximum absolute atomic E-state index is 13.4. The molecule has 0 radical (unpaired) electrons. The molecule has 5 aromatic rings. The van der Waals surface area contributed by atoms with E-state index in [-0.39, 0.29) is 17.3 Å². The first-order valence-corrected chi connectivity index (χ1v) is 15.5. The highest BCUT2D eigenvalue weighted by molar-refractivity contribution is 8.00. The van der Waals surface area contributed by atoms with E-state index >= 15 is 0 Å². The van der Waals surface area contributed by atoms with Crippen molar-refractivity contribution in [1.82, 2.24) is 5.32 Å². The highest BCUT2D eigenvalue weighted by atomic mass is 35.5. The molecule has 0 aliphatic carbocycles. The molecule has 0 fully saturated rings. The van der Waals surface area contributed by atoms with Crippen LogP contribution in [-0.2, 0) is 9.59 Å². The number of halogens is 1. The number of hydrogen-bond acceptors (Lipinski definition) is 6. The van der Waals surface area contributed by atoms with Crippen molar-refractivity contribution in [1.29, 1.82) is 0 Å². The minimum Gasteiger partial charge on any atom is -0.325 e. The summed E-state index contributed by atoms with van der Waals surface area (Å²) in [6, 6.07) is 37.3. The van der Waals surface area contributed by atoms with Crippen molar-refractivity contribution < 1.29 is 19.3 Å². The van der Waals surface area contributed by atoms with Crippen LogP contribution in [0.1, 0.15) is 26.7 Å². The summed E-state index contributed by atoms with van der Waals surface area (Å²) >= 11 is 7.44. The van der Waals surface area contributed by atoms with Gasteiger partial charge in [0.1, 0.15) is 10.9 Å². The number of amides is 3. The van der Waals surface area contributed by atoms with E-state index in [0.717, 1.165) is 10.5 Å². The zero-order valence-electron chi connectivity index (χ0n) is 24.6. The van der Waals surface area contributed by atoms with Gasteiger partial charge in [-0.2, -0.15) is 0 Å². The molecule has 11 heteroatoms. The Balaban J connectivity index is 1.32. The fourth-order valence-electron chi connectivity index (χ4n) is 4.43. The molecular weight excluding hydrogens is 636 g/mol. The molecule has 1 unspecified atom stereocenters. The van der Waals surface area contributed by atoms with E-state index in [1.807, 2.05) is 30.3 Å². The van der Waals surface area contributed by atoms with Crippen LogP contribution in [0.3, 0.4) is 0 Å². The molecule has 0 aromatic heterocycles. The number of non-ortho nitro benzene ring substituents is 1. The van der Waals surface area contributed by atoms with E-state index in [2.05, 4.69) is 16.0 Å². The molecule has 0 aliphatic rings. The number of nitrogens with one attached hydrogen (secondary N) is 3. The van der Waals surface area contributed by atoms with Crippen LogP contribution in [-0.4, -0.2) is 22.6 Å². The quantitative estimate of drug-likeness (QED) is 0.0567. The number of carbonyl (C=O) groups is 3. The Hall–Kier alpha value is -5.71. The lowest BCUT2D eigenvalue weighted by molar-refractivity contribution is -0.384. The van der Waals surface area contributed by atoms with Gasteiger partial charge < -0.3 is 16.0 Å². The Bertz CT molecular complexity index is 1920. The Kier molecular flexibility index (Phi) is 10.8. The van der Waals surface area contributed by atoms with Crippen LogP contribution in [0, 0.1) is 10.1 Å². The fraction of sp³-hybridized carbons (Fsp3) is 0.0278. The van der Waals surface area contributed by atoms with Crippen molar-refractivity contribution in [2.75, 3.05) is 10.6 Å². The van der Waals surface area contributed by atoms with E-state index < -0.39 is 22.0 Å². The van der Waals surface area contributed by atoms with Crippen molar-refractivity contribution in [3.8, 4) is 0 Å². The molecule has 5 aromatic carbocycles. The Morgan fingerprint density at radius 2 is 1.36 bits per heavy atom. The van der Waals surface area contributed by atoms with Gasteiger partial charge in [-0.1, -0.05) is 72.3 Å². The van der Waals surface area contributed by atoms with Crippen LogP contribution in [0.5, 0.6) is 0 Å². The van der Waals surface area contributed by atoms with Gasteiger partial charge in [0.15, 0.2) is 0 Å². The molecule has 47 heavy (non-hydrogen) atoms. The molecule has 0 saturated carbocycles. The number of anilines is 2. The number of nitro groups is 1. The first-order chi connectivity index (χ1) is 22.7. The van der Waals surface area contributed by atoms with Gasteiger partial charge in [0.2, 0.25) is 5.91 Å². The van der Waals surface area contributed by atoms with Crippen LogP contribution in [0.2, 0.25) is 5.02 Å². The van der Waals surface area contributed by atoms with Gasteiger partial charge in [-0.15, -0.1) is 11.8 Å². The Labute approximate surface area is 279 Å². The van der Waals surface area contributed by atoms with Gasteiger partial charge in [-0.05, 0) is 77.9 Å². The van der Waals surface area contributed by atoms with E-state index in [1.54, 1.807) is 84.9 Å².